The summed E-state index contributed by atoms with van der Waals surface area (Å²) in [6.07, 6.45) is 7.55. The van der Waals surface area contributed by atoms with Crippen molar-refractivity contribution in [3.63, 3.8) is 0 Å². The number of amides is 2. The number of rotatable bonds is 5. The maximum absolute atomic E-state index is 14.8. The van der Waals surface area contributed by atoms with E-state index in [0.717, 1.165) is 37.9 Å². The molecule has 0 aliphatic carbocycles. The molecule has 1 aromatic carbocycles. The van der Waals surface area contributed by atoms with Gasteiger partial charge in [-0.1, -0.05) is 25.8 Å². The molecular weight excluding hydrogens is 421 g/mol. The molecule has 3 aromatic rings. The van der Waals surface area contributed by atoms with Gasteiger partial charge in [0.1, 0.15) is 11.5 Å². The third-order valence-corrected chi connectivity index (χ3v) is 6.11. The third kappa shape index (κ3) is 4.79. The van der Waals surface area contributed by atoms with Crippen LogP contribution in [0.3, 0.4) is 0 Å². The Hall–Kier alpha value is -3.55. The lowest BCUT2D eigenvalue weighted by molar-refractivity contribution is -0.113. The summed E-state index contributed by atoms with van der Waals surface area (Å²) in [4.78, 5) is 30.7. The first-order chi connectivity index (χ1) is 15.9. The topological polar surface area (TPSA) is 93.6 Å². The number of aromatic nitrogens is 3. The van der Waals surface area contributed by atoms with Crippen molar-refractivity contribution < 1.29 is 14.0 Å². The molecule has 33 heavy (non-hydrogen) atoms. The number of primary amides is 1. The molecule has 0 radical (unpaired) electrons. The molecule has 0 saturated carbocycles. The van der Waals surface area contributed by atoms with E-state index >= 15 is 0 Å². The van der Waals surface area contributed by atoms with Crippen LogP contribution in [-0.4, -0.2) is 43.9 Å². The summed E-state index contributed by atoms with van der Waals surface area (Å²) in [7, 11) is 0. The van der Waals surface area contributed by atoms with Crippen LogP contribution >= 0.6 is 0 Å². The smallest absolute Gasteiger partial charge is 0.272 e. The van der Waals surface area contributed by atoms with Crippen molar-refractivity contribution in [2.24, 2.45) is 5.73 Å². The van der Waals surface area contributed by atoms with Gasteiger partial charge >= 0.3 is 0 Å². The van der Waals surface area contributed by atoms with Gasteiger partial charge in [0.2, 0.25) is 5.91 Å². The number of fused-ring (bicyclic) bond motifs is 1. The molecule has 0 bridgehead atoms. The van der Waals surface area contributed by atoms with Gasteiger partial charge in [-0.2, -0.15) is 5.10 Å². The zero-order valence-electron chi connectivity index (χ0n) is 18.9. The highest BCUT2D eigenvalue weighted by Gasteiger charge is 2.25. The Morgan fingerprint density at radius 2 is 2.03 bits per heavy atom. The van der Waals surface area contributed by atoms with Crippen molar-refractivity contribution in [2.75, 3.05) is 6.54 Å². The number of carbonyl (C=O) groups excluding carboxylic acids is 2. The highest BCUT2D eigenvalue weighted by atomic mass is 19.1. The molecule has 7 nitrogen and oxygen atoms in total. The van der Waals surface area contributed by atoms with Crippen LogP contribution in [0.4, 0.5) is 4.39 Å². The average Bonchev–Trinajstić information content (AvgIpc) is 3.10. The largest absolute Gasteiger partial charge is 0.366 e. The lowest BCUT2D eigenvalue weighted by atomic mass is 10.1. The van der Waals surface area contributed by atoms with E-state index in [9.17, 15) is 14.0 Å². The second-order valence-electron chi connectivity index (χ2n) is 8.46. The lowest BCUT2D eigenvalue weighted by Gasteiger charge is -2.27. The van der Waals surface area contributed by atoms with Crippen LogP contribution in [0.15, 0.2) is 36.4 Å². The van der Waals surface area contributed by atoms with Gasteiger partial charge in [0.05, 0.1) is 5.69 Å². The van der Waals surface area contributed by atoms with E-state index < -0.39 is 11.7 Å². The van der Waals surface area contributed by atoms with E-state index in [2.05, 4.69) is 17.0 Å². The van der Waals surface area contributed by atoms with Crippen LogP contribution in [0.25, 0.3) is 23.0 Å². The summed E-state index contributed by atoms with van der Waals surface area (Å²) >= 11 is 0. The zero-order chi connectivity index (χ0) is 23.5. The number of carbonyl (C=O) groups is 2. The molecule has 0 spiro atoms. The standard InChI is InChI=1S/C25H28FN5O2/c1-3-18-14-22(25(33)30-12-6-4-5-7-16(30)2)28-24-15-21(29-31(18)24)19-10-8-17(13-20(19)26)9-11-23(27)32/h8-11,13-16H,3-7,12H2,1-2H3,(H2,27,32)/b11-9+. The summed E-state index contributed by atoms with van der Waals surface area (Å²) in [5, 5.41) is 4.56. The maximum atomic E-state index is 14.8. The highest BCUT2D eigenvalue weighted by Crippen LogP contribution is 2.26. The van der Waals surface area contributed by atoms with E-state index in [1.807, 2.05) is 11.8 Å². The van der Waals surface area contributed by atoms with Crippen molar-refractivity contribution in [3.05, 3.63) is 59.2 Å². The summed E-state index contributed by atoms with van der Waals surface area (Å²) in [5.41, 5.74) is 8.09. The van der Waals surface area contributed by atoms with Crippen molar-refractivity contribution in [1.29, 1.82) is 0 Å². The molecule has 1 saturated heterocycles. The molecule has 1 aliphatic rings. The predicted molar refractivity (Wildman–Crippen MR) is 125 cm³/mol. The van der Waals surface area contributed by atoms with E-state index in [4.69, 9.17) is 5.73 Å². The minimum atomic E-state index is -0.599. The lowest BCUT2D eigenvalue weighted by Crippen LogP contribution is -2.38. The van der Waals surface area contributed by atoms with E-state index in [0.29, 0.717) is 34.6 Å². The van der Waals surface area contributed by atoms with Gasteiger partial charge < -0.3 is 10.6 Å². The number of hydrogen-bond donors (Lipinski definition) is 1. The van der Waals surface area contributed by atoms with Crippen molar-refractivity contribution >= 4 is 23.5 Å². The van der Waals surface area contributed by atoms with E-state index in [1.165, 1.54) is 18.2 Å². The molecule has 1 unspecified atom stereocenters. The summed E-state index contributed by atoms with van der Waals surface area (Å²) in [6, 6.07) is 8.28. The minimum Gasteiger partial charge on any atom is -0.366 e. The van der Waals surface area contributed by atoms with Gasteiger partial charge in [-0.25, -0.2) is 13.9 Å². The van der Waals surface area contributed by atoms with Gasteiger partial charge in [0.15, 0.2) is 5.65 Å². The molecule has 8 heteroatoms. The van der Waals surface area contributed by atoms with Gasteiger partial charge in [0, 0.05) is 36.0 Å². The summed E-state index contributed by atoms with van der Waals surface area (Å²) in [6.45, 7) is 4.81. The molecule has 172 valence electrons. The molecule has 2 aromatic heterocycles. The van der Waals surface area contributed by atoms with Crippen LogP contribution < -0.4 is 5.73 Å². The van der Waals surface area contributed by atoms with Crippen molar-refractivity contribution in [1.82, 2.24) is 19.5 Å². The fourth-order valence-electron chi connectivity index (χ4n) is 4.27. The molecule has 2 amide bonds. The van der Waals surface area contributed by atoms with Gasteiger partial charge in [-0.15, -0.1) is 0 Å². The second kappa shape index (κ2) is 9.52. The molecule has 2 N–H and O–H groups in total. The van der Waals surface area contributed by atoms with Gasteiger partial charge in [0.25, 0.3) is 5.91 Å². The number of halogens is 1. The number of benzene rings is 1. The Kier molecular flexibility index (Phi) is 6.53. The van der Waals surface area contributed by atoms with Crippen LogP contribution in [0.1, 0.15) is 61.3 Å². The van der Waals surface area contributed by atoms with Crippen LogP contribution in [0, 0.1) is 5.82 Å². The SMILES string of the molecule is CCc1cc(C(=O)N2CCCCCC2C)nc2cc(-c3ccc(/C=C/C(N)=O)cc3F)nn12. The van der Waals surface area contributed by atoms with Gasteiger partial charge in [-0.3, -0.25) is 9.59 Å². The third-order valence-electron chi connectivity index (χ3n) is 6.11. The maximum Gasteiger partial charge on any atom is 0.272 e. The Balaban J connectivity index is 1.70. The number of nitrogens with zero attached hydrogens (tertiary/aromatic N) is 4. The first kappa shape index (κ1) is 22.6. The highest BCUT2D eigenvalue weighted by molar-refractivity contribution is 5.93. The zero-order valence-corrected chi connectivity index (χ0v) is 18.9. The Morgan fingerprint density at radius 1 is 1.21 bits per heavy atom. The Morgan fingerprint density at radius 3 is 2.76 bits per heavy atom. The Bertz CT molecular complexity index is 1230. The molecule has 1 aliphatic heterocycles. The normalized spacial score (nSPS) is 16.9. The Labute approximate surface area is 192 Å². The molecular formula is C25H28FN5O2. The molecule has 1 fully saturated rings. The first-order valence-electron chi connectivity index (χ1n) is 11.4. The predicted octanol–water partition coefficient (Wildman–Crippen LogP) is 4.00. The van der Waals surface area contributed by atoms with Crippen molar-refractivity contribution in [2.45, 2.75) is 52.0 Å². The van der Waals surface area contributed by atoms with Crippen LogP contribution in [-0.2, 0) is 11.2 Å². The van der Waals surface area contributed by atoms with E-state index in [-0.39, 0.29) is 11.9 Å². The number of nitrogens with two attached hydrogens (primary N) is 1. The summed E-state index contributed by atoms with van der Waals surface area (Å²) in [5.74, 6) is -1.14. The van der Waals surface area contributed by atoms with E-state index in [1.54, 1.807) is 28.8 Å². The average molecular weight is 450 g/mol. The molecule has 3 heterocycles. The van der Waals surface area contributed by atoms with Crippen LogP contribution in [0.2, 0.25) is 0 Å². The molecule has 1 atom stereocenters. The number of likely N-dealkylation sites (tertiary alicyclic amines) is 1. The fraction of sp³-hybridized carbons (Fsp3) is 0.360. The van der Waals surface area contributed by atoms with Crippen LogP contribution in [0.5, 0.6) is 0 Å². The second-order valence-corrected chi connectivity index (χ2v) is 8.46. The summed E-state index contributed by atoms with van der Waals surface area (Å²) < 4.78 is 16.5. The number of hydrogen-bond acceptors (Lipinski definition) is 4. The quantitative estimate of drug-likeness (QED) is 0.596. The fourth-order valence-corrected chi connectivity index (χ4v) is 4.27. The van der Waals surface area contributed by atoms with Gasteiger partial charge in [-0.05, 0) is 56.0 Å². The monoisotopic (exact) mass is 449 g/mol. The molecule has 4 rings (SSSR count). The minimum absolute atomic E-state index is 0.0684. The van der Waals surface area contributed by atoms with Crippen molar-refractivity contribution in [3.8, 4) is 11.3 Å². The number of aryl methyl sites for hydroxylation is 1. The first-order valence-corrected chi connectivity index (χ1v) is 11.4.